The van der Waals surface area contributed by atoms with Crippen LogP contribution in [0.5, 0.6) is 0 Å². The molecule has 0 atom stereocenters. The summed E-state index contributed by atoms with van der Waals surface area (Å²) in [5.41, 5.74) is 3.24. The summed E-state index contributed by atoms with van der Waals surface area (Å²) < 4.78 is 0. The van der Waals surface area contributed by atoms with Crippen LogP contribution in [0.2, 0.25) is 5.02 Å². The van der Waals surface area contributed by atoms with Crippen LogP contribution in [0, 0.1) is 31.1 Å². The van der Waals surface area contributed by atoms with Gasteiger partial charge >= 0.3 is 0 Å². The molecule has 0 N–H and O–H groups in total. The van der Waals surface area contributed by atoms with Crippen molar-refractivity contribution in [2.24, 2.45) is 17.3 Å². The molecule has 2 heteroatoms. The molecule has 0 radical (unpaired) electrons. The Morgan fingerprint density at radius 1 is 1.05 bits per heavy atom. The quantitative estimate of drug-likeness (QED) is 0.613. The van der Waals surface area contributed by atoms with Gasteiger partial charge in [-0.2, -0.15) is 0 Å². The van der Waals surface area contributed by atoms with Crippen molar-refractivity contribution in [3.8, 4) is 0 Å². The van der Waals surface area contributed by atoms with Gasteiger partial charge < -0.3 is 0 Å². The first-order chi connectivity index (χ1) is 9.70. The van der Waals surface area contributed by atoms with Crippen molar-refractivity contribution < 1.29 is 4.79 Å². The Kier molecular flexibility index (Phi) is 4.82. The molecule has 0 spiro atoms. The van der Waals surface area contributed by atoms with Crippen molar-refractivity contribution in [3.05, 3.63) is 33.8 Å². The minimum Gasteiger partial charge on any atom is -0.294 e. The summed E-state index contributed by atoms with van der Waals surface area (Å²) >= 11 is 6.13. The van der Waals surface area contributed by atoms with Crippen LogP contribution in [-0.2, 0) is 0 Å². The van der Waals surface area contributed by atoms with Crippen LogP contribution in [-0.4, -0.2) is 5.78 Å². The highest BCUT2D eigenvalue weighted by Crippen LogP contribution is 2.41. The summed E-state index contributed by atoms with van der Waals surface area (Å²) in [5, 5.41) is 0.750. The van der Waals surface area contributed by atoms with E-state index in [0.29, 0.717) is 11.2 Å². The lowest BCUT2D eigenvalue weighted by Crippen LogP contribution is -2.29. The predicted octanol–water partition coefficient (Wildman–Crippen LogP) is 5.99. The van der Waals surface area contributed by atoms with Gasteiger partial charge in [0.1, 0.15) is 0 Å². The van der Waals surface area contributed by atoms with Gasteiger partial charge in [-0.3, -0.25) is 4.79 Å². The van der Waals surface area contributed by atoms with Crippen LogP contribution in [0.4, 0.5) is 0 Å². The molecule has 0 heterocycles. The maximum absolute atomic E-state index is 12.8. The van der Waals surface area contributed by atoms with Crippen LogP contribution < -0.4 is 0 Å². The summed E-state index contributed by atoms with van der Waals surface area (Å²) in [6, 6.07) is 3.89. The second-order valence-electron chi connectivity index (χ2n) is 7.70. The second-order valence-corrected chi connectivity index (χ2v) is 8.10. The first-order valence-corrected chi connectivity index (χ1v) is 8.39. The maximum atomic E-state index is 12.8. The number of carbonyl (C=O) groups is 1. The number of benzene rings is 1. The molecule has 1 aliphatic carbocycles. The number of hydrogen-bond acceptors (Lipinski definition) is 1. The van der Waals surface area contributed by atoms with Gasteiger partial charge in [-0.1, -0.05) is 32.4 Å². The SMILES string of the molecule is Cc1cc(C(=O)C2CCC(C(C)(C)C)CC2)c(C)cc1Cl. The molecule has 21 heavy (non-hydrogen) atoms. The van der Waals surface area contributed by atoms with Crippen LogP contribution in [0.1, 0.15) is 67.9 Å². The van der Waals surface area contributed by atoms with Crippen molar-refractivity contribution in [2.45, 2.75) is 60.3 Å². The highest BCUT2D eigenvalue weighted by atomic mass is 35.5. The summed E-state index contributed by atoms with van der Waals surface area (Å²) in [6.45, 7) is 10.9. The number of hydrogen-bond donors (Lipinski definition) is 0. The van der Waals surface area contributed by atoms with Crippen molar-refractivity contribution in [1.82, 2.24) is 0 Å². The summed E-state index contributed by atoms with van der Waals surface area (Å²) in [4.78, 5) is 12.8. The largest absolute Gasteiger partial charge is 0.294 e. The Morgan fingerprint density at radius 3 is 2.14 bits per heavy atom. The molecule has 1 aromatic rings. The van der Waals surface area contributed by atoms with Gasteiger partial charge in [-0.15, -0.1) is 0 Å². The summed E-state index contributed by atoms with van der Waals surface area (Å²) in [6.07, 6.45) is 4.40. The Morgan fingerprint density at radius 2 is 1.62 bits per heavy atom. The average molecular weight is 307 g/mol. The fourth-order valence-electron chi connectivity index (χ4n) is 3.49. The van der Waals surface area contributed by atoms with Crippen LogP contribution in [0.15, 0.2) is 12.1 Å². The fraction of sp³-hybridized carbons (Fsp3) is 0.632. The Bertz CT molecular complexity index is 531. The van der Waals surface area contributed by atoms with Crippen molar-refractivity contribution in [3.63, 3.8) is 0 Å². The van der Waals surface area contributed by atoms with E-state index in [0.717, 1.165) is 40.5 Å². The molecule has 1 aliphatic rings. The van der Waals surface area contributed by atoms with Crippen molar-refractivity contribution >= 4 is 17.4 Å². The number of halogens is 1. The third-order valence-corrected chi connectivity index (χ3v) is 5.50. The average Bonchev–Trinajstić information content (AvgIpc) is 2.41. The van der Waals surface area contributed by atoms with E-state index in [9.17, 15) is 4.79 Å². The molecule has 0 bridgehead atoms. The maximum Gasteiger partial charge on any atom is 0.166 e. The molecule has 0 aromatic heterocycles. The van der Waals surface area contributed by atoms with E-state index in [-0.39, 0.29) is 5.92 Å². The molecule has 2 rings (SSSR count). The van der Waals surface area contributed by atoms with Gasteiger partial charge in [0.25, 0.3) is 0 Å². The smallest absolute Gasteiger partial charge is 0.166 e. The number of aryl methyl sites for hydroxylation is 2. The van der Waals surface area contributed by atoms with Crippen LogP contribution in [0.3, 0.4) is 0 Å². The van der Waals surface area contributed by atoms with E-state index in [2.05, 4.69) is 20.8 Å². The number of rotatable bonds is 2. The van der Waals surface area contributed by atoms with Gasteiger partial charge in [-0.25, -0.2) is 0 Å². The van der Waals surface area contributed by atoms with E-state index in [1.54, 1.807) is 0 Å². The zero-order valence-electron chi connectivity index (χ0n) is 13.9. The minimum absolute atomic E-state index is 0.197. The van der Waals surface area contributed by atoms with Crippen molar-refractivity contribution in [2.75, 3.05) is 0 Å². The summed E-state index contributed by atoms with van der Waals surface area (Å²) in [7, 11) is 0. The van der Waals surface area contributed by atoms with Crippen LogP contribution in [0.25, 0.3) is 0 Å². The van der Waals surface area contributed by atoms with E-state index in [1.807, 2.05) is 26.0 Å². The number of ketones is 1. The first-order valence-electron chi connectivity index (χ1n) is 8.01. The predicted molar refractivity (Wildman–Crippen MR) is 90.2 cm³/mol. The molecule has 0 amide bonds. The summed E-state index contributed by atoms with van der Waals surface area (Å²) in [5.74, 6) is 1.26. The third-order valence-electron chi connectivity index (χ3n) is 5.09. The molecule has 116 valence electrons. The topological polar surface area (TPSA) is 17.1 Å². The van der Waals surface area contributed by atoms with Gasteiger partial charge in [-0.05, 0) is 74.1 Å². The molecule has 0 unspecified atom stereocenters. The highest BCUT2D eigenvalue weighted by Gasteiger charge is 2.33. The zero-order chi connectivity index (χ0) is 15.8. The van der Waals surface area contributed by atoms with Gasteiger partial charge in [0.05, 0.1) is 0 Å². The Balaban J connectivity index is 2.11. The lowest BCUT2D eigenvalue weighted by Gasteiger charge is -2.36. The standard InChI is InChI=1S/C19H27ClO/c1-12-11-17(20)13(2)10-16(12)18(21)14-6-8-15(9-7-14)19(3,4)5/h10-11,14-15H,6-9H2,1-5H3. The molecule has 0 saturated heterocycles. The Hall–Kier alpha value is -0.820. The normalized spacial score (nSPS) is 23.1. The number of Topliss-reactive ketones (excluding diaryl/α,β-unsaturated/α-hetero) is 1. The molecule has 1 aromatic carbocycles. The van der Waals surface area contributed by atoms with Gasteiger partial charge in [0, 0.05) is 16.5 Å². The van der Waals surface area contributed by atoms with Crippen molar-refractivity contribution in [1.29, 1.82) is 0 Å². The molecule has 1 nitrogen and oxygen atoms in total. The van der Waals surface area contributed by atoms with Crippen LogP contribution >= 0.6 is 11.6 Å². The fourth-order valence-corrected chi connectivity index (χ4v) is 3.71. The third kappa shape index (κ3) is 3.69. The molecule has 0 aliphatic heterocycles. The second kappa shape index (κ2) is 6.12. The molecule has 1 saturated carbocycles. The first kappa shape index (κ1) is 16.5. The molecule has 1 fully saturated rings. The van der Waals surface area contributed by atoms with E-state index >= 15 is 0 Å². The van der Waals surface area contributed by atoms with E-state index in [1.165, 1.54) is 12.8 Å². The lowest BCUT2D eigenvalue weighted by molar-refractivity contribution is 0.0819. The molecular weight excluding hydrogens is 280 g/mol. The monoisotopic (exact) mass is 306 g/mol. The van der Waals surface area contributed by atoms with E-state index < -0.39 is 0 Å². The number of carbonyl (C=O) groups excluding carboxylic acids is 1. The van der Waals surface area contributed by atoms with Gasteiger partial charge in [0.15, 0.2) is 5.78 Å². The zero-order valence-corrected chi connectivity index (χ0v) is 14.7. The Labute approximate surface area is 134 Å². The lowest BCUT2D eigenvalue weighted by atomic mass is 9.68. The minimum atomic E-state index is 0.197. The van der Waals surface area contributed by atoms with Gasteiger partial charge in [0.2, 0.25) is 0 Å². The molecular formula is C19H27ClO. The highest BCUT2D eigenvalue weighted by molar-refractivity contribution is 6.31. The van der Waals surface area contributed by atoms with E-state index in [4.69, 9.17) is 11.6 Å².